The molecule has 28 heavy (non-hydrogen) atoms. The van der Waals surface area contributed by atoms with E-state index < -0.39 is 0 Å². The van der Waals surface area contributed by atoms with Crippen LogP contribution in [0.3, 0.4) is 0 Å². The van der Waals surface area contributed by atoms with Crippen molar-refractivity contribution >= 4 is 11.8 Å². The van der Waals surface area contributed by atoms with Crippen LogP contribution in [0, 0.1) is 5.92 Å². The summed E-state index contributed by atoms with van der Waals surface area (Å²) in [7, 11) is 0. The summed E-state index contributed by atoms with van der Waals surface area (Å²) in [6.45, 7) is 4.67. The molecule has 0 bridgehead atoms. The van der Waals surface area contributed by atoms with Crippen LogP contribution >= 0.6 is 0 Å². The summed E-state index contributed by atoms with van der Waals surface area (Å²) in [5.74, 6) is 0.506. The van der Waals surface area contributed by atoms with Gasteiger partial charge in [0.25, 0.3) is 5.91 Å². The van der Waals surface area contributed by atoms with Crippen molar-refractivity contribution in [2.45, 2.75) is 50.6 Å². The zero-order chi connectivity index (χ0) is 19.3. The third-order valence-electron chi connectivity index (χ3n) is 6.16. The number of likely N-dealkylation sites (tertiary alicyclic amines) is 1. The lowest BCUT2D eigenvalue weighted by atomic mass is 9.98. The maximum Gasteiger partial charge on any atom is 0.269 e. The minimum atomic E-state index is -0.126. The fraction of sp³-hybridized carbons (Fsp3) is 0.750. The van der Waals surface area contributed by atoms with E-state index in [1.54, 1.807) is 12.3 Å². The lowest BCUT2D eigenvalue weighted by Gasteiger charge is -2.44. The van der Waals surface area contributed by atoms with Crippen LogP contribution in [0.2, 0.25) is 0 Å². The van der Waals surface area contributed by atoms with E-state index in [-0.39, 0.29) is 11.8 Å². The molecule has 0 spiro atoms. The highest BCUT2D eigenvalue weighted by atomic mass is 16.5. The molecule has 3 fully saturated rings. The number of aromatic nitrogens is 2. The van der Waals surface area contributed by atoms with E-state index in [9.17, 15) is 9.59 Å². The van der Waals surface area contributed by atoms with Crippen molar-refractivity contribution in [2.75, 3.05) is 39.4 Å². The predicted molar refractivity (Wildman–Crippen MR) is 104 cm³/mol. The van der Waals surface area contributed by atoms with E-state index in [0.29, 0.717) is 30.2 Å². The van der Waals surface area contributed by atoms with E-state index in [1.165, 1.54) is 0 Å². The smallest absolute Gasteiger partial charge is 0.269 e. The summed E-state index contributed by atoms with van der Waals surface area (Å²) in [6.07, 6.45) is 7.90. The molecular weight excluding hydrogens is 358 g/mol. The van der Waals surface area contributed by atoms with Crippen molar-refractivity contribution in [3.05, 3.63) is 18.0 Å². The Morgan fingerprint density at radius 3 is 2.75 bits per heavy atom. The quantitative estimate of drug-likeness (QED) is 0.727. The maximum atomic E-state index is 12.6. The van der Waals surface area contributed by atoms with Crippen LogP contribution in [0.4, 0.5) is 0 Å². The third-order valence-corrected chi connectivity index (χ3v) is 6.16. The molecule has 0 radical (unpaired) electrons. The fourth-order valence-electron chi connectivity index (χ4n) is 4.47. The maximum absolute atomic E-state index is 12.6. The molecule has 1 unspecified atom stereocenters. The summed E-state index contributed by atoms with van der Waals surface area (Å²) in [5.41, 5.74) is 0.483. The summed E-state index contributed by atoms with van der Waals surface area (Å²) in [5, 5.41) is 9.52. The Morgan fingerprint density at radius 1 is 1.21 bits per heavy atom. The number of nitrogens with zero attached hydrogens (tertiary/aromatic N) is 3. The van der Waals surface area contributed by atoms with Gasteiger partial charge in [0, 0.05) is 63.6 Å². The van der Waals surface area contributed by atoms with Crippen LogP contribution in [0.5, 0.6) is 0 Å². The standard InChI is InChI=1S/C20H31N5O3/c26-19(18-5-8-22-23-18)21-9-11-25(16-6-12-28-13-7-16)17-2-1-10-24(14-17)20(27)15-3-4-15/h5,8,15-17H,1-4,6-7,9-14H2,(H,21,26)(H,22,23). The van der Waals surface area contributed by atoms with Gasteiger partial charge in [-0.15, -0.1) is 0 Å². The highest BCUT2D eigenvalue weighted by molar-refractivity contribution is 5.92. The molecule has 3 aliphatic rings. The van der Waals surface area contributed by atoms with Gasteiger partial charge in [-0.1, -0.05) is 0 Å². The molecule has 3 heterocycles. The van der Waals surface area contributed by atoms with Crippen LogP contribution in [0.15, 0.2) is 12.3 Å². The van der Waals surface area contributed by atoms with Gasteiger partial charge in [-0.25, -0.2) is 0 Å². The highest BCUT2D eigenvalue weighted by Crippen LogP contribution is 2.32. The van der Waals surface area contributed by atoms with E-state index in [1.807, 2.05) is 0 Å². The van der Waals surface area contributed by atoms with Crippen molar-refractivity contribution in [3.63, 3.8) is 0 Å². The zero-order valence-electron chi connectivity index (χ0n) is 16.4. The summed E-state index contributed by atoms with van der Waals surface area (Å²) in [6, 6.07) is 2.50. The fourth-order valence-corrected chi connectivity index (χ4v) is 4.47. The van der Waals surface area contributed by atoms with Crippen molar-refractivity contribution in [1.82, 2.24) is 25.3 Å². The van der Waals surface area contributed by atoms with Crippen LogP contribution in [-0.4, -0.2) is 83.3 Å². The monoisotopic (exact) mass is 389 g/mol. The van der Waals surface area contributed by atoms with Gasteiger partial charge in [0.15, 0.2) is 0 Å². The number of amides is 2. The lowest BCUT2D eigenvalue weighted by Crippen LogP contribution is -2.55. The Balaban J connectivity index is 1.36. The molecule has 2 saturated heterocycles. The van der Waals surface area contributed by atoms with Gasteiger partial charge < -0.3 is 15.0 Å². The molecule has 8 nitrogen and oxygen atoms in total. The first-order chi connectivity index (χ1) is 13.7. The van der Waals surface area contributed by atoms with Crippen molar-refractivity contribution < 1.29 is 14.3 Å². The Labute approximate surface area is 166 Å². The molecule has 1 aliphatic carbocycles. The number of aromatic amines is 1. The second-order valence-corrected chi connectivity index (χ2v) is 8.16. The molecule has 154 valence electrons. The number of ether oxygens (including phenoxy) is 1. The molecule has 2 N–H and O–H groups in total. The van der Waals surface area contributed by atoms with Gasteiger partial charge in [0.05, 0.1) is 0 Å². The van der Waals surface area contributed by atoms with Gasteiger partial charge in [0.2, 0.25) is 5.91 Å². The Bertz CT molecular complexity index is 655. The molecule has 0 aromatic carbocycles. The van der Waals surface area contributed by atoms with Gasteiger partial charge in [-0.3, -0.25) is 19.6 Å². The van der Waals surface area contributed by atoms with E-state index >= 15 is 0 Å². The largest absolute Gasteiger partial charge is 0.381 e. The summed E-state index contributed by atoms with van der Waals surface area (Å²) >= 11 is 0. The lowest BCUT2D eigenvalue weighted by molar-refractivity contribution is -0.135. The average molecular weight is 390 g/mol. The molecule has 1 saturated carbocycles. The molecule has 8 heteroatoms. The van der Waals surface area contributed by atoms with Crippen LogP contribution in [-0.2, 0) is 9.53 Å². The van der Waals surface area contributed by atoms with Gasteiger partial charge in [0.1, 0.15) is 5.69 Å². The van der Waals surface area contributed by atoms with E-state index in [4.69, 9.17) is 4.74 Å². The molecule has 2 aliphatic heterocycles. The number of hydrogen-bond acceptors (Lipinski definition) is 5. The molecule has 1 atom stereocenters. The molecule has 4 rings (SSSR count). The van der Waals surface area contributed by atoms with Crippen molar-refractivity contribution in [2.24, 2.45) is 5.92 Å². The Hall–Kier alpha value is -1.93. The van der Waals surface area contributed by atoms with Crippen LogP contribution < -0.4 is 5.32 Å². The normalized spacial score (nSPS) is 23.8. The number of hydrogen-bond donors (Lipinski definition) is 2. The number of nitrogens with one attached hydrogen (secondary N) is 2. The van der Waals surface area contributed by atoms with Gasteiger partial charge >= 0.3 is 0 Å². The first kappa shape index (κ1) is 19.4. The Morgan fingerprint density at radius 2 is 2.04 bits per heavy atom. The second kappa shape index (κ2) is 9.05. The van der Waals surface area contributed by atoms with Crippen LogP contribution in [0.25, 0.3) is 0 Å². The minimum Gasteiger partial charge on any atom is -0.381 e. The number of piperidine rings is 1. The zero-order valence-corrected chi connectivity index (χ0v) is 16.4. The van der Waals surface area contributed by atoms with Gasteiger partial charge in [-0.05, 0) is 44.6 Å². The van der Waals surface area contributed by atoms with E-state index in [2.05, 4.69) is 25.3 Å². The number of carbonyl (C=O) groups is 2. The van der Waals surface area contributed by atoms with Crippen molar-refractivity contribution in [1.29, 1.82) is 0 Å². The van der Waals surface area contributed by atoms with Crippen LogP contribution in [0.1, 0.15) is 49.0 Å². The van der Waals surface area contributed by atoms with Crippen molar-refractivity contribution in [3.8, 4) is 0 Å². The number of H-pyrrole nitrogens is 1. The topological polar surface area (TPSA) is 90.6 Å². The SMILES string of the molecule is O=C(NCCN(C1CCOCC1)C1CCCN(C(=O)C2CC2)C1)c1ccn[nH]1. The number of rotatable bonds is 7. The average Bonchev–Trinajstić information content (AvgIpc) is 3.44. The summed E-state index contributed by atoms with van der Waals surface area (Å²) in [4.78, 5) is 29.4. The second-order valence-electron chi connectivity index (χ2n) is 8.16. The molecule has 2 amide bonds. The number of carbonyl (C=O) groups excluding carboxylic acids is 2. The molecule has 1 aromatic rings. The minimum absolute atomic E-state index is 0.126. The first-order valence-electron chi connectivity index (χ1n) is 10.6. The van der Waals surface area contributed by atoms with Gasteiger partial charge in [-0.2, -0.15) is 5.10 Å². The van der Waals surface area contributed by atoms with E-state index in [0.717, 1.165) is 71.4 Å². The first-order valence-corrected chi connectivity index (χ1v) is 10.6. The predicted octanol–water partition coefficient (Wildman–Crippen LogP) is 1.02. The molecular formula is C20H31N5O3. The Kier molecular flexibility index (Phi) is 6.26. The summed E-state index contributed by atoms with van der Waals surface area (Å²) < 4.78 is 5.56. The third kappa shape index (κ3) is 4.72. The highest BCUT2D eigenvalue weighted by Gasteiger charge is 2.37. The molecule has 1 aromatic heterocycles.